The summed E-state index contributed by atoms with van der Waals surface area (Å²) < 4.78 is 1.35. The van der Waals surface area contributed by atoms with E-state index in [9.17, 15) is 14.4 Å². The predicted octanol–water partition coefficient (Wildman–Crippen LogP) is 3.30. The maximum atomic E-state index is 13.4. The summed E-state index contributed by atoms with van der Waals surface area (Å²) in [5.74, 6) is -0.0941. The molecule has 0 saturated carbocycles. The average Bonchev–Trinajstić information content (AvgIpc) is 2.72. The summed E-state index contributed by atoms with van der Waals surface area (Å²) in [5, 5.41) is 2.05. The number of nitrogens with one attached hydrogen (secondary N) is 1. The van der Waals surface area contributed by atoms with Gasteiger partial charge in [0, 0.05) is 13.1 Å². The molecule has 1 heterocycles. The Labute approximate surface area is 181 Å². The van der Waals surface area contributed by atoms with E-state index < -0.39 is 11.2 Å². The van der Waals surface area contributed by atoms with Gasteiger partial charge in [-0.1, -0.05) is 69.7 Å². The van der Waals surface area contributed by atoms with Crippen molar-refractivity contribution >= 4 is 28.2 Å². The summed E-state index contributed by atoms with van der Waals surface area (Å²) in [7, 11) is 0. The molecule has 1 amide bonds. The monoisotopic (exact) mass is 422 g/mol. The van der Waals surface area contributed by atoms with E-state index in [1.54, 1.807) is 0 Å². The Balaban J connectivity index is 2.05. The molecule has 3 N–H and O–H groups in total. The van der Waals surface area contributed by atoms with E-state index in [0.29, 0.717) is 13.1 Å². The molecular formula is C24H30N4O3. The van der Waals surface area contributed by atoms with E-state index in [-0.39, 0.29) is 29.8 Å². The van der Waals surface area contributed by atoms with Crippen LogP contribution in [0.5, 0.6) is 0 Å². The Kier molecular flexibility index (Phi) is 6.95. The molecule has 0 aliphatic carbocycles. The number of carbonyl (C=O) groups is 1. The molecule has 0 bridgehead atoms. The van der Waals surface area contributed by atoms with Gasteiger partial charge >= 0.3 is 5.69 Å². The number of H-pyrrole nitrogens is 1. The van der Waals surface area contributed by atoms with Gasteiger partial charge in [0.2, 0.25) is 5.91 Å². The summed E-state index contributed by atoms with van der Waals surface area (Å²) in [4.78, 5) is 42.2. The predicted molar refractivity (Wildman–Crippen MR) is 125 cm³/mol. The topological polar surface area (TPSA) is 101 Å². The Morgan fingerprint density at radius 3 is 2.55 bits per heavy atom. The quantitative estimate of drug-likeness (QED) is 0.581. The van der Waals surface area contributed by atoms with Crippen molar-refractivity contribution < 1.29 is 4.79 Å². The lowest BCUT2D eigenvalue weighted by Gasteiger charge is -2.26. The Morgan fingerprint density at radius 2 is 1.84 bits per heavy atom. The normalized spacial score (nSPS) is 11.2. The van der Waals surface area contributed by atoms with Gasteiger partial charge in [0.1, 0.15) is 5.82 Å². The van der Waals surface area contributed by atoms with Gasteiger partial charge < -0.3 is 10.6 Å². The molecule has 164 valence electrons. The minimum Gasteiger partial charge on any atom is -0.383 e. The molecular weight excluding hydrogens is 392 g/mol. The van der Waals surface area contributed by atoms with Crippen LogP contribution in [0.1, 0.15) is 39.2 Å². The minimum atomic E-state index is -0.637. The molecule has 7 heteroatoms. The van der Waals surface area contributed by atoms with Gasteiger partial charge in [0.05, 0.1) is 6.42 Å². The van der Waals surface area contributed by atoms with Crippen LogP contribution in [0.2, 0.25) is 0 Å². The molecule has 0 atom stereocenters. The zero-order valence-electron chi connectivity index (χ0n) is 18.4. The fraction of sp³-hybridized carbons (Fsp3) is 0.375. The molecule has 0 fully saturated rings. The second kappa shape index (κ2) is 9.64. The summed E-state index contributed by atoms with van der Waals surface area (Å²) in [5.41, 5.74) is 6.02. The van der Waals surface area contributed by atoms with Crippen LogP contribution in [-0.2, 0) is 17.8 Å². The highest BCUT2D eigenvalue weighted by atomic mass is 16.2. The summed E-state index contributed by atoms with van der Waals surface area (Å²) in [6, 6.07) is 13.7. The maximum absolute atomic E-state index is 13.4. The Morgan fingerprint density at radius 1 is 1.13 bits per heavy atom. The minimum absolute atomic E-state index is 0.0362. The molecule has 0 saturated heterocycles. The van der Waals surface area contributed by atoms with E-state index in [2.05, 4.69) is 4.98 Å². The summed E-state index contributed by atoms with van der Waals surface area (Å²) in [6.45, 7) is 6.65. The molecule has 3 aromatic rings. The number of carbonyl (C=O) groups excluding carboxylic acids is 1. The van der Waals surface area contributed by atoms with E-state index in [4.69, 9.17) is 5.73 Å². The smallest absolute Gasteiger partial charge is 0.330 e. The van der Waals surface area contributed by atoms with E-state index in [1.807, 2.05) is 63.2 Å². The zero-order valence-corrected chi connectivity index (χ0v) is 18.4. The van der Waals surface area contributed by atoms with E-state index in [1.165, 1.54) is 9.47 Å². The molecule has 0 aliphatic heterocycles. The van der Waals surface area contributed by atoms with Gasteiger partial charge in [-0.15, -0.1) is 0 Å². The second-order valence-corrected chi connectivity index (χ2v) is 8.21. The fourth-order valence-electron chi connectivity index (χ4n) is 3.76. The number of benzene rings is 2. The molecule has 2 aromatic carbocycles. The highest BCUT2D eigenvalue weighted by Crippen LogP contribution is 2.23. The van der Waals surface area contributed by atoms with Gasteiger partial charge in [-0.05, 0) is 28.7 Å². The average molecular weight is 423 g/mol. The lowest BCUT2D eigenvalue weighted by molar-refractivity contribution is -0.118. The number of rotatable bonds is 8. The number of unbranched alkanes of at least 4 members (excludes halogenated alkanes) is 1. The number of fused-ring (bicyclic) bond motifs is 1. The number of hydrogen-bond acceptors (Lipinski definition) is 4. The van der Waals surface area contributed by atoms with Crippen molar-refractivity contribution in [3.05, 3.63) is 68.9 Å². The van der Waals surface area contributed by atoms with Crippen LogP contribution in [0.15, 0.2) is 52.1 Å². The number of anilines is 2. The van der Waals surface area contributed by atoms with Crippen molar-refractivity contribution in [2.24, 2.45) is 5.92 Å². The molecule has 0 aliphatic rings. The van der Waals surface area contributed by atoms with Gasteiger partial charge in [-0.25, -0.2) is 4.79 Å². The number of aromatic amines is 1. The standard InChI is InChI=1S/C24H30N4O3/c1-4-5-13-27-22(25)21(23(30)26-24(27)31)28(15-16(2)3)20(29)14-18-11-8-10-17-9-6-7-12-19(17)18/h6-12,16H,4-5,13-15,25H2,1-3H3,(H,26,30,31). The van der Waals surface area contributed by atoms with Gasteiger partial charge in [-0.2, -0.15) is 0 Å². The molecule has 1 aromatic heterocycles. The number of nitrogens with zero attached hydrogens (tertiary/aromatic N) is 2. The van der Waals surface area contributed by atoms with Crippen LogP contribution in [-0.4, -0.2) is 22.0 Å². The van der Waals surface area contributed by atoms with Gasteiger partial charge in [0.25, 0.3) is 5.56 Å². The van der Waals surface area contributed by atoms with Crippen molar-refractivity contribution in [1.29, 1.82) is 0 Å². The third-order valence-electron chi connectivity index (χ3n) is 5.29. The number of nitrogens with two attached hydrogens (primary N) is 1. The lowest BCUT2D eigenvalue weighted by atomic mass is 10.0. The summed E-state index contributed by atoms with van der Waals surface area (Å²) in [6.07, 6.45) is 1.74. The van der Waals surface area contributed by atoms with Crippen molar-refractivity contribution in [2.45, 2.75) is 46.6 Å². The lowest BCUT2D eigenvalue weighted by Crippen LogP contribution is -2.43. The fourth-order valence-corrected chi connectivity index (χ4v) is 3.76. The van der Waals surface area contributed by atoms with E-state index in [0.717, 1.165) is 29.2 Å². The van der Waals surface area contributed by atoms with Crippen LogP contribution in [0.25, 0.3) is 10.8 Å². The number of nitrogen functional groups attached to an aromatic ring is 1. The maximum Gasteiger partial charge on any atom is 0.330 e. The van der Waals surface area contributed by atoms with Crippen molar-refractivity contribution in [2.75, 3.05) is 17.2 Å². The third kappa shape index (κ3) is 4.87. The molecule has 7 nitrogen and oxygen atoms in total. The van der Waals surface area contributed by atoms with Crippen LogP contribution >= 0.6 is 0 Å². The number of hydrogen-bond donors (Lipinski definition) is 2. The molecule has 0 unspecified atom stereocenters. The number of amides is 1. The highest BCUT2D eigenvalue weighted by molar-refractivity contribution is 5.99. The Hall–Kier alpha value is -3.35. The van der Waals surface area contributed by atoms with Crippen LogP contribution in [0.3, 0.4) is 0 Å². The van der Waals surface area contributed by atoms with Crippen LogP contribution < -0.4 is 21.9 Å². The molecule has 31 heavy (non-hydrogen) atoms. The SMILES string of the molecule is CCCCn1c(N)c(N(CC(C)C)C(=O)Cc2cccc3ccccc23)c(=O)[nH]c1=O. The first-order valence-electron chi connectivity index (χ1n) is 10.7. The van der Waals surface area contributed by atoms with E-state index >= 15 is 0 Å². The van der Waals surface area contributed by atoms with Crippen LogP contribution in [0.4, 0.5) is 11.5 Å². The number of aromatic nitrogens is 2. The molecule has 0 spiro atoms. The van der Waals surface area contributed by atoms with Crippen molar-refractivity contribution in [3.8, 4) is 0 Å². The third-order valence-corrected chi connectivity index (χ3v) is 5.29. The molecule has 0 radical (unpaired) electrons. The first-order chi connectivity index (χ1) is 14.8. The zero-order chi connectivity index (χ0) is 22.5. The second-order valence-electron chi connectivity index (χ2n) is 8.21. The largest absolute Gasteiger partial charge is 0.383 e. The van der Waals surface area contributed by atoms with Gasteiger partial charge in [-0.3, -0.25) is 19.1 Å². The first-order valence-corrected chi connectivity index (χ1v) is 10.7. The van der Waals surface area contributed by atoms with Crippen molar-refractivity contribution in [1.82, 2.24) is 9.55 Å². The van der Waals surface area contributed by atoms with Crippen LogP contribution in [0, 0.1) is 5.92 Å². The molecule has 3 rings (SSSR count). The first kappa shape index (κ1) is 22.3. The highest BCUT2D eigenvalue weighted by Gasteiger charge is 2.25. The van der Waals surface area contributed by atoms with Gasteiger partial charge in [0.15, 0.2) is 5.69 Å². The Bertz CT molecular complexity index is 1190. The summed E-state index contributed by atoms with van der Waals surface area (Å²) >= 11 is 0. The van der Waals surface area contributed by atoms with Crippen molar-refractivity contribution in [3.63, 3.8) is 0 Å².